The minimum Gasteiger partial charge on any atom is -0.508 e. The standard InChI is InChI=1S/C14H20N2O2/c1-15-14(18)7-8-16-13-4-2-3-10-9-11(17)5-6-12(10)13/h5-6,9,13,16-17H,2-4,7-8H2,1H3,(H,15,18). The van der Waals surface area contributed by atoms with Crippen molar-refractivity contribution < 1.29 is 9.90 Å². The molecule has 1 aliphatic rings. The van der Waals surface area contributed by atoms with Crippen molar-refractivity contribution in [2.24, 2.45) is 0 Å². The molecule has 0 saturated carbocycles. The van der Waals surface area contributed by atoms with E-state index in [9.17, 15) is 9.90 Å². The second-order valence-corrected chi connectivity index (χ2v) is 4.71. The van der Waals surface area contributed by atoms with E-state index in [4.69, 9.17) is 0 Å². The van der Waals surface area contributed by atoms with Gasteiger partial charge >= 0.3 is 0 Å². The topological polar surface area (TPSA) is 61.4 Å². The van der Waals surface area contributed by atoms with Crippen molar-refractivity contribution >= 4 is 5.91 Å². The molecule has 1 aromatic carbocycles. The van der Waals surface area contributed by atoms with Gasteiger partial charge in [0.15, 0.2) is 0 Å². The zero-order valence-electron chi connectivity index (χ0n) is 10.7. The number of aromatic hydroxyl groups is 1. The highest BCUT2D eigenvalue weighted by Gasteiger charge is 2.19. The van der Waals surface area contributed by atoms with Gasteiger partial charge in [-0.25, -0.2) is 0 Å². The van der Waals surface area contributed by atoms with Crippen LogP contribution in [0, 0.1) is 0 Å². The van der Waals surface area contributed by atoms with E-state index in [0.717, 1.165) is 19.3 Å². The maximum absolute atomic E-state index is 11.2. The van der Waals surface area contributed by atoms with Gasteiger partial charge in [0.2, 0.25) is 5.91 Å². The highest BCUT2D eigenvalue weighted by atomic mass is 16.3. The molecule has 4 heteroatoms. The molecule has 18 heavy (non-hydrogen) atoms. The molecule has 0 aromatic heterocycles. The van der Waals surface area contributed by atoms with E-state index in [1.54, 1.807) is 13.1 Å². The Hall–Kier alpha value is -1.55. The normalized spacial score (nSPS) is 18.2. The van der Waals surface area contributed by atoms with Crippen LogP contribution in [0.3, 0.4) is 0 Å². The Morgan fingerprint density at radius 3 is 3.11 bits per heavy atom. The highest BCUT2D eigenvalue weighted by Crippen LogP contribution is 2.31. The van der Waals surface area contributed by atoms with Crippen LogP contribution >= 0.6 is 0 Å². The van der Waals surface area contributed by atoms with Crippen molar-refractivity contribution in [2.45, 2.75) is 31.7 Å². The molecular formula is C14H20N2O2. The number of hydrogen-bond donors (Lipinski definition) is 3. The van der Waals surface area contributed by atoms with Crippen LogP contribution in [-0.4, -0.2) is 24.6 Å². The Labute approximate surface area is 107 Å². The summed E-state index contributed by atoms with van der Waals surface area (Å²) in [5, 5.41) is 15.5. The monoisotopic (exact) mass is 248 g/mol. The molecule has 2 rings (SSSR count). The fourth-order valence-electron chi connectivity index (χ4n) is 2.50. The first kappa shape index (κ1) is 12.9. The Morgan fingerprint density at radius 1 is 1.50 bits per heavy atom. The van der Waals surface area contributed by atoms with E-state index in [2.05, 4.69) is 10.6 Å². The fourth-order valence-corrected chi connectivity index (χ4v) is 2.50. The summed E-state index contributed by atoms with van der Waals surface area (Å²) in [5.74, 6) is 0.393. The zero-order valence-corrected chi connectivity index (χ0v) is 10.7. The molecule has 4 nitrogen and oxygen atoms in total. The van der Waals surface area contributed by atoms with Gasteiger partial charge in [-0.05, 0) is 42.5 Å². The van der Waals surface area contributed by atoms with Crippen molar-refractivity contribution in [1.82, 2.24) is 10.6 Å². The van der Waals surface area contributed by atoms with Crippen LogP contribution in [0.15, 0.2) is 18.2 Å². The lowest BCUT2D eigenvalue weighted by molar-refractivity contribution is -0.120. The lowest BCUT2D eigenvalue weighted by Gasteiger charge is -2.26. The third-order valence-electron chi connectivity index (χ3n) is 3.46. The van der Waals surface area contributed by atoms with Crippen molar-refractivity contribution in [3.8, 4) is 5.75 Å². The van der Waals surface area contributed by atoms with Gasteiger partial charge in [-0.2, -0.15) is 0 Å². The third kappa shape index (κ3) is 3.01. The number of carbonyl (C=O) groups is 1. The molecule has 98 valence electrons. The Morgan fingerprint density at radius 2 is 2.33 bits per heavy atom. The highest BCUT2D eigenvalue weighted by molar-refractivity contribution is 5.75. The van der Waals surface area contributed by atoms with Crippen molar-refractivity contribution in [2.75, 3.05) is 13.6 Å². The van der Waals surface area contributed by atoms with E-state index >= 15 is 0 Å². The van der Waals surface area contributed by atoms with Crippen LogP contribution in [0.4, 0.5) is 0 Å². The molecule has 0 radical (unpaired) electrons. The number of benzene rings is 1. The molecule has 1 atom stereocenters. The van der Waals surface area contributed by atoms with Gasteiger partial charge in [0.1, 0.15) is 5.75 Å². The fraction of sp³-hybridized carbons (Fsp3) is 0.500. The van der Waals surface area contributed by atoms with Crippen molar-refractivity contribution in [3.63, 3.8) is 0 Å². The molecule has 1 aliphatic carbocycles. The molecule has 0 bridgehead atoms. The van der Waals surface area contributed by atoms with Crippen molar-refractivity contribution in [1.29, 1.82) is 0 Å². The molecule has 1 aromatic rings. The average molecular weight is 248 g/mol. The lowest BCUT2D eigenvalue weighted by Crippen LogP contribution is -2.29. The molecule has 0 spiro atoms. The average Bonchev–Trinajstić information content (AvgIpc) is 2.38. The number of amides is 1. The minimum atomic E-state index is 0.0595. The third-order valence-corrected chi connectivity index (χ3v) is 3.46. The minimum absolute atomic E-state index is 0.0595. The number of carbonyl (C=O) groups excluding carboxylic acids is 1. The quantitative estimate of drug-likeness (QED) is 0.756. The number of hydrogen-bond acceptors (Lipinski definition) is 3. The summed E-state index contributed by atoms with van der Waals surface area (Å²) in [6.45, 7) is 0.685. The number of aryl methyl sites for hydroxylation is 1. The molecule has 1 unspecified atom stereocenters. The second-order valence-electron chi connectivity index (χ2n) is 4.71. The molecule has 0 saturated heterocycles. The van der Waals surface area contributed by atoms with Crippen LogP contribution in [0.2, 0.25) is 0 Å². The van der Waals surface area contributed by atoms with E-state index < -0.39 is 0 Å². The molecule has 0 fully saturated rings. The van der Waals surface area contributed by atoms with Crippen molar-refractivity contribution in [3.05, 3.63) is 29.3 Å². The van der Waals surface area contributed by atoms with Crippen LogP contribution in [0.1, 0.15) is 36.4 Å². The largest absolute Gasteiger partial charge is 0.508 e. The molecule has 1 amide bonds. The predicted molar refractivity (Wildman–Crippen MR) is 70.5 cm³/mol. The first-order chi connectivity index (χ1) is 8.70. The summed E-state index contributed by atoms with van der Waals surface area (Å²) in [6.07, 6.45) is 3.73. The summed E-state index contributed by atoms with van der Waals surface area (Å²) in [6, 6.07) is 5.87. The second kappa shape index (κ2) is 5.87. The maximum Gasteiger partial charge on any atom is 0.221 e. The van der Waals surface area contributed by atoms with Gasteiger partial charge in [0.25, 0.3) is 0 Å². The smallest absolute Gasteiger partial charge is 0.221 e. The summed E-state index contributed by atoms with van der Waals surface area (Å²) in [7, 11) is 1.65. The number of fused-ring (bicyclic) bond motifs is 1. The molecule has 0 heterocycles. The summed E-state index contributed by atoms with van der Waals surface area (Å²) >= 11 is 0. The SMILES string of the molecule is CNC(=O)CCNC1CCCc2cc(O)ccc21. The predicted octanol–water partition coefficient (Wildman–Crippen LogP) is 1.50. The maximum atomic E-state index is 11.2. The first-order valence-corrected chi connectivity index (χ1v) is 6.46. The molecule has 0 aliphatic heterocycles. The van der Waals surface area contributed by atoms with Crippen LogP contribution in [-0.2, 0) is 11.2 Å². The first-order valence-electron chi connectivity index (χ1n) is 6.46. The number of nitrogens with one attached hydrogen (secondary N) is 2. The van der Waals surface area contributed by atoms with Gasteiger partial charge in [-0.3, -0.25) is 4.79 Å². The van der Waals surface area contributed by atoms with Gasteiger partial charge in [0, 0.05) is 26.1 Å². The van der Waals surface area contributed by atoms with E-state index in [-0.39, 0.29) is 5.91 Å². The Kier molecular flexibility index (Phi) is 4.20. The summed E-state index contributed by atoms with van der Waals surface area (Å²) in [5.41, 5.74) is 2.48. The van der Waals surface area contributed by atoms with Crippen LogP contribution in [0.5, 0.6) is 5.75 Å². The number of rotatable bonds is 4. The summed E-state index contributed by atoms with van der Waals surface area (Å²) < 4.78 is 0. The Bertz CT molecular complexity index is 432. The van der Waals surface area contributed by atoms with E-state index in [1.165, 1.54) is 11.1 Å². The molecule has 3 N–H and O–H groups in total. The van der Waals surface area contributed by atoms with Gasteiger partial charge < -0.3 is 15.7 Å². The van der Waals surface area contributed by atoms with E-state index in [1.807, 2.05) is 12.1 Å². The van der Waals surface area contributed by atoms with Crippen LogP contribution in [0.25, 0.3) is 0 Å². The van der Waals surface area contributed by atoms with Gasteiger partial charge in [0.05, 0.1) is 0 Å². The lowest BCUT2D eigenvalue weighted by atomic mass is 9.87. The Balaban J connectivity index is 1.97. The summed E-state index contributed by atoms with van der Waals surface area (Å²) in [4.78, 5) is 11.2. The van der Waals surface area contributed by atoms with Crippen LogP contribution < -0.4 is 10.6 Å². The molecular weight excluding hydrogens is 228 g/mol. The zero-order chi connectivity index (χ0) is 13.0. The van der Waals surface area contributed by atoms with Gasteiger partial charge in [-0.15, -0.1) is 0 Å². The van der Waals surface area contributed by atoms with E-state index in [0.29, 0.717) is 24.8 Å². The number of phenols is 1. The van der Waals surface area contributed by atoms with Gasteiger partial charge in [-0.1, -0.05) is 6.07 Å². The number of phenolic OH excluding ortho intramolecular Hbond substituents is 1.